The quantitative estimate of drug-likeness (QED) is 0.637. The summed E-state index contributed by atoms with van der Waals surface area (Å²) in [6, 6.07) is 8.91. The highest BCUT2D eigenvalue weighted by molar-refractivity contribution is 6.22. The van der Waals surface area contributed by atoms with Crippen LogP contribution in [0.15, 0.2) is 52.9 Å². The van der Waals surface area contributed by atoms with Gasteiger partial charge in [0, 0.05) is 37.4 Å². The van der Waals surface area contributed by atoms with E-state index in [1.54, 1.807) is 0 Å². The number of piperidine rings is 1. The van der Waals surface area contributed by atoms with Crippen molar-refractivity contribution >= 4 is 22.8 Å². The molecule has 0 radical (unpaired) electrons. The van der Waals surface area contributed by atoms with Crippen molar-refractivity contribution in [2.45, 2.75) is 53.0 Å². The van der Waals surface area contributed by atoms with Crippen molar-refractivity contribution in [3.8, 4) is 0 Å². The third kappa shape index (κ3) is 5.08. The Balaban J connectivity index is 1.91. The summed E-state index contributed by atoms with van der Waals surface area (Å²) in [4.78, 5) is 9.68. The van der Waals surface area contributed by atoms with E-state index in [2.05, 4.69) is 54.8 Å². The van der Waals surface area contributed by atoms with Crippen LogP contribution in [0.25, 0.3) is 0 Å². The van der Waals surface area contributed by atoms with Gasteiger partial charge in [-0.25, -0.2) is 4.99 Å². The number of nitrogens with one attached hydrogen (secondary N) is 1. The lowest BCUT2D eigenvalue weighted by molar-refractivity contribution is 0.249. The Morgan fingerprint density at radius 3 is 2.34 bits per heavy atom. The van der Waals surface area contributed by atoms with Crippen LogP contribution in [0.2, 0.25) is 0 Å². The van der Waals surface area contributed by atoms with Crippen molar-refractivity contribution in [3.05, 3.63) is 47.9 Å². The van der Waals surface area contributed by atoms with Gasteiger partial charge in [-0.2, -0.15) is 0 Å². The van der Waals surface area contributed by atoms with E-state index in [9.17, 15) is 0 Å². The Hall–Kier alpha value is -2.56. The Bertz CT molecular complexity index is 799. The molecule has 1 aliphatic carbocycles. The highest BCUT2D eigenvalue weighted by Gasteiger charge is 2.23. The summed E-state index contributed by atoms with van der Waals surface area (Å²) < 4.78 is 5.68. The predicted octanol–water partition coefficient (Wildman–Crippen LogP) is 5.32. The second kappa shape index (κ2) is 9.77. The van der Waals surface area contributed by atoms with Crippen LogP contribution in [0, 0.1) is 5.41 Å². The molecule has 3 rings (SSSR count). The van der Waals surface area contributed by atoms with Crippen molar-refractivity contribution in [3.63, 3.8) is 0 Å². The van der Waals surface area contributed by atoms with Gasteiger partial charge in [-0.15, -0.1) is 0 Å². The van der Waals surface area contributed by atoms with Crippen LogP contribution < -0.4 is 4.90 Å². The van der Waals surface area contributed by atoms with Crippen LogP contribution in [-0.2, 0) is 4.74 Å². The maximum Gasteiger partial charge on any atom is 0.146 e. The molecule has 5 heteroatoms. The number of nitrogens with zero attached hydrogens (tertiary/aromatic N) is 3. The highest BCUT2D eigenvalue weighted by atomic mass is 16.5. The Morgan fingerprint density at radius 2 is 1.76 bits per heavy atom. The largest absolute Gasteiger partial charge is 0.492 e. The van der Waals surface area contributed by atoms with E-state index in [4.69, 9.17) is 15.1 Å². The molecule has 29 heavy (non-hydrogen) atoms. The zero-order valence-corrected chi connectivity index (χ0v) is 18.2. The van der Waals surface area contributed by atoms with Gasteiger partial charge in [0.2, 0.25) is 0 Å². The van der Waals surface area contributed by atoms with E-state index in [1.807, 2.05) is 19.1 Å². The number of rotatable bonds is 7. The number of allylic oxidation sites excluding steroid dienone is 2. The molecular weight excluding hydrogens is 360 g/mol. The standard InChI is InChI=1S/C24H34N4O/c1-5-28(18(3)4)20-12-10-19(11-13-20)26-22-17-24(29-6-2)21(25)16-23(22)27-14-8-7-9-15-27/h10-13,16-18,25H,5-9,14-15H2,1-4H3. The van der Waals surface area contributed by atoms with E-state index in [0.29, 0.717) is 24.1 Å². The number of likely N-dealkylation sites (tertiary alicyclic amines) is 1. The summed E-state index contributed by atoms with van der Waals surface area (Å²) in [6.07, 6.45) is 7.50. The van der Waals surface area contributed by atoms with Crippen molar-refractivity contribution in [1.82, 2.24) is 4.90 Å². The normalized spacial score (nSPS) is 18.7. The number of anilines is 1. The molecule has 1 heterocycles. The fourth-order valence-electron chi connectivity index (χ4n) is 4.01. The molecule has 1 aromatic rings. The molecule has 1 N–H and O–H groups in total. The van der Waals surface area contributed by atoms with Gasteiger partial charge < -0.3 is 14.5 Å². The molecular formula is C24H34N4O. The molecule has 2 aliphatic rings. The summed E-state index contributed by atoms with van der Waals surface area (Å²) in [7, 11) is 0. The number of hydrogen-bond acceptors (Lipinski definition) is 5. The summed E-state index contributed by atoms with van der Waals surface area (Å²) in [6.45, 7) is 12.1. The topological polar surface area (TPSA) is 51.9 Å². The van der Waals surface area contributed by atoms with Crippen LogP contribution in [0.3, 0.4) is 0 Å². The second-order valence-corrected chi connectivity index (χ2v) is 7.83. The van der Waals surface area contributed by atoms with Crippen LogP contribution in [-0.4, -0.2) is 48.6 Å². The van der Waals surface area contributed by atoms with E-state index in [0.717, 1.165) is 36.7 Å². The van der Waals surface area contributed by atoms with Crippen LogP contribution >= 0.6 is 0 Å². The molecule has 0 atom stereocenters. The Kier molecular flexibility index (Phi) is 7.13. The zero-order chi connectivity index (χ0) is 20.8. The van der Waals surface area contributed by atoms with E-state index in [-0.39, 0.29) is 0 Å². The molecule has 0 spiro atoms. The molecule has 0 amide bonds. The minimum atomic E-state index is 0.428. The van der Waals surface area contributed by atoms with Crippen molar-refractivity contribution in [2.24, 2.45) is 4.99 Å². The maximum absolute atomic E-state index is 8.35. The average molecular weight is 395 g/mol. The minimum Gasteiger partial charge on any atom is -0.492 e. The fraction of sp³-hybridized carbons (Fsp3) is 0.500. The van der Waals surface area contributed by atoms with Gasteiger partial charge in [0.05, 0.1) is 29.4 Å². The molecule has 0 aromatic heterocycles. The maximum atomic E-state index is 8.35. The van der Waals surface area contributed by atoms with E-state index >= 15 is 0 Å². The fourth-order valence-corrected chi connectivity index (χ4v) is 4.01. The molecule has 1 fully saturated rings. The third-order valence-corrected chi connectivity index (χ3v) is 5.47. The summed E-state index contributed by atoms with van der Waals surface area (Å²) in [5, 5.41) is 8.35. The van der Waals surface area contributed by atoms with Crippen LogP contribution in [0.5, 0.6) is 0 Å². The predicted molar refractivity (Wildman–Crippen MR) is 123 cm³/mol. The molecule has 0 saturated carbocycles. The van der Waals surface area contributed by atoms with Crippen LogP contribution in [0.1, 0.15) is 47.0 Å². The van der Waals surface area contributed by atoms with Gasteiger partial charge in [0.15, 0.2) is 0 Å². The number of ether oxygens (including phenoxy) is 1. The van der Waals surface area contributed by atoms with Gasteiger partial charge in [-0.05, 0) is 77.3 Å². The SMILES string of the molecule is CCOC1=CC(=Nc2ccc(N(CC)C(C)C)cc2)C(N2CCCCC2)=CC1=N. The monoisotopic (exact) mass is 394 g/mol. The number of benzene rings is 1. The van der Waals surface area contributed by atoms with Gasteiger partial charge >= 0.3 is 0 Å². The lowest BCUT2D eigenvalue weighted by Crippen LogP contribution is -2.34. The lowest BCUT2D eigenvalue weighted by Gasteiger charge is -2.32. The lowest BCUT2D eigenvalue weighted by atomic mass is 10.0. The minimum absolute atomic E-state index is 0.428. The summed E-state index contributed by atoms with van der Waals surface area (Å²) in [5.41, 5.74) is 4.49. The van der Waals surface area contributed by atoms with E-state index in [1.165, 1.54) is 24.9 Å². The van der Waals surface area contributed by atoms with Crippen molar-refractivity contribution < 1.29 is 4.74 Å². The first-order valence-electron chi connectivity index (χ1n) is 10.9. The van der Waals surface area contributed by atoms with Crippen LogP contribution in [0.4, 0.5) is 11.4 Å². The van der Waals surface area contributed by atoms with Gasteiger partial charge in [0.1, 0.15) is 5.76 Å². The van der Waals surface area contributed by atoms with E-state index < -0.39 is 0 Å². The Labute approximate surface area is 175 Å². The molecule has 1 saturated heterocycles. The van der Waals surface area contributed by atoms with Crippen molar-refractivity contribution in [2.75, 3.05) is 31.1 Å². The molecule has 1 aromatic carbocycles. The first-order chi connectivity index (χ1) is 14.0. The van der Waals surface area contributed by atoms with Gasteiger partial charge in [-0.1, -0.05) is 0 Å². The zero-order valence-electron chi connectivity index (χ0n) is 18.2. The van der Waals surface area contributed by atoms with Gasteiger partial charge in [0.25, 0.3) is 0 Å². The molecule has 156 valence electrons. The molecule has 5 nitrogen and oxygen atoms in total. The van der Waals surface area contributed by atoms with Crippen molar-refractivity contribution in [1.29, 1.82) is 5.41 Å². The first-order valence-corrected chi connectivity index (χ1v) is 10.9. The number of aliphatic imine (C=N–C) groups is 1. The highest BCUT2D eigenvalue weighted by Crippen LogP contribution is 2.26. The average Bonchev–Trinajstić information content (AvgIpc) is 2.72. The van der Waals surface area contributed by atoms with Gasteiger partial charge in [-0.3, -0.25) is 5.41 Å². The summed E-state index contributed by atoms with van der Waals surface area (Å²) >= 11 is 0. The molecule has 0 bridgehead atoms. The first kappa shape index (κ1) is 21.2. The summed E-state index contributed by atoms with van der Waals surface area (Å²) in [5.74, 6) is 0.598. The number of hydrogen-bond donors (Lipinski definition) is 1. The molecule has 0 unspecified atom stereocenters. The molecule has 1 aliphatic heterocycles. The second-order valence-electron chi connectivity index (χ2n) is 7.83. The smallest absolute Gasteiger partial charge is 0.146 e. The Morgan fingerprint density at radius 1 is 1.07 bits per heavy atom. The third-order valence-electron chi connectivity index (χ3n) is 5.47.